The molecule has 0 fully saturated rings. The Balaban J connectivity index is 0.00000338. The molecule has 0 heterocycles. The van der Waals surface area contributed by atoms with Gasteiger partial charge in [0, 0.05) is 0 Å². The molecule has 8 heteroatoms. The van der Waals surface area contributed by atoms with Crippen LogP contribution in [-0.2, 0) is 11.0 Å². The molecule has 2 aromatic rings. The molecule has 0 saturated heterocycles. The van der Waals surface area contributed by atoms with Crippen LogP contribution < -0.4 is 15.8 Å². The van der Waals surface area contributed by atoms with Gasteiger partial charge in [0.25, 0.3) is 0 Å². The van der Waals surface area contributed by atoms with Gasteiger partial charge in [0.2, 0.25) is 5.91 Å². The van der Waals surface area contributed by atoms with Crippen molar-refractivity contribution in [2.75, 3.05) is 13.2 Å². The second kappa shape index (κ2) is 9.45. The number of aryl methyl sites for hydroxylation is 1. The van der Waals surface area contributed by atoms with E-state index in [4.69, 9.17) is 10.5 Å². The number of para-hydroxylation sites is 1. The topological polar surface area (TPSA) is 64.4 Å². The highest BCUT2D eigenvalue weighted by Crippen LogP contribution is 2.35. The Bertz CT molecular complexity index is 721. The van der Waals surface area contributed by atoms with Gasteiger partial charge in [0.1, 0.15) is 18.4 Å². The van der Waals surface area contributed by atoms with Crippen LogP contribution in [0.3, 0.4) is 0 Å². The lowest BCUT2D eigenvalue weighted by Gasteiger charge is -2.15. The number of ether oxygens (including phenoxy) is 1. The van der Waals surface area contributed by atoms with Crippen LogP contribution >= 0.6 is 12.4 Å². The van der Waals surface area contributed by atoms with Gasteiger partial charge in [-0.15, -0.1) is 12.4 Å². The fourth-order valence-corrected chi connectivity index (χ4v) is 2.20. The van der Waals surface area contributed by atoms with Crippen molar-refractivity contribution in [2.45, 2.75) is 19.1 Å². The quantitative estimate of drug-likeness (QED) is 0.743. The van der Waals surface area contributed by atoms with Gasteiger partial charge < -0.3 is 15.8 Å². The van der Waals surface area contributed by atoms with Gasteiger partial charge in [0.05, 0.1) is 12.1 Å². The van der Waals surface area contributed by atoms with Crippen molar-refractivity contribution < 1.29 is 22.7 Å². The molecule has 2 rings (SSSR count). The maximum Gasteiger partial charge on any atom is 0.419 e. The van der Waals surface area contributed by atoms with E-state index >= 15 is 0 Å². The summed E-state index contributed by atoms with van der Waals surface area (Å²) in [5.41, 5.74) is 6.72. The Kier molecular flexibility index (Phi) is 7.92. The number of hydrogen-bond acceptors (Lipinski definition) is 3. The number of carbonyl (C=O) groups is 1. The fourth-order valence-electron chi connectivity index (χ4n) is 2.20. The van der Waals surface area contributed by atoms with Gasteiger partial charge in [-0.2, -0.15) is 13.2 Å². The first-order chi connectivity index (χ1) is 11.8. The molecule has 26 heavy (non-hydrogen) atoms. The molecule has 0 bridgehead atoms. The van der Waals surface area contributed by atoms with Gasteiger partial charge in [-0.25, -0.2) is 0 Å². The van der Waals surface area contributed by atoms with Crippen molar-refractivity contribution in [1.82, 2.24) is 5.32 Å². The molecule has 0 saturated carbocycles. The van der Waals surface area contributed by atoms with E-state index in [9.17, 15) is 18.0 Å². The number of nitrogens with two attached hydrogens (primary N) is 1. The van der Waals surface area contributed by atoms with Crippen molar-refractivity contribution in [3.05, 3.63) is 65.2 Å². The molecule has 0 aliphatic carbocycles. The average Bonchev–Trinajstić information content (AvgIpc) is 2.58. The number of alkyl halides is 3. The van der Waals surface area contributed by atoms with E-state index in [2.05, 4.69) is 5.32 Å². The van der Waals surface area contributed by atoms with E-state index in [0.717, 1.165) is 11.6 Å². The highest BCUT2D eigenvalue weighted by molar-refractivity contribution is 5.85. The van der Waals surface area contributed by atoms with E-state index in [1.807, 2.05) is 19.1 Å². The summed E-state index contributed by atoms with van der Waals surface area (Å²) in [5, 5.41) is 2.55. The second-order valence-corrected chi connectivity index (χ2v) is 5.52. The van der Waals surface area contributed by atoms with Crippen LogP contribution in [0.4, 0.5) is 13.2 Å². The molecule has 1 amide bonds. The third-order valence-corrected chi connectivity index (χ3v) is 3.57. The standard InChI is InChI=1S/C18H19F3N2O2.ClH/c1-12-6-8-13(9-7-12)16(22)17(24)23-10-11-25-15-5-3-2-4-14(15)18(19,20)21;/h2-9,16H,10-11,22H2,1H3,(H,23,24);1H. The van der Waals surface area contributed by atoms with Gasteiger partial charge in [-0.1, -0.05) is 42.0 Å². The van der Waals surface area contributed by atoms with Gasteiger partial charge in [-0.3, -0.25) is 4.79 Å². The smallest absolute Gasteiger partial charge is 0.419 e. The molecule has 1 atom stereocenters. The minimum Gasteiger partial charge on any atom is -0.491 e. The van der Waals surface area contributed by atoms with E-state index < -0.39 is 23.7 Å². The summed E-state index contributed by atoms with van der Waals surface area (Å²) in [6.07, 6.45) is -4.49. The predicted octanol–water partition coefficient (Wildman–Crippen LogP) is 3.63. The van der Waals surface area contributed by atoms with E-state index in [1.165, 1.54) is 18.2 Å². The number of carbonyl (C=O) groups excluding carboxylic acids is 1. The predicted molar refractivity (Wildman–Crippen MR) is 95.3 cm³/mol. The molecular weight excluding hydrogens is 369 g/mol. The number of hydrogen-bond donors (Lipinski definition) is 2. The highest BCUT2D eigenvalue weighted by Gasteiger charge is 2.33. The molecule has 4 nitrogen and oxygen atoms in total. The Morgan fingerprint density at radius 3 is 2.38 bits per heavy atom. The average molecular weight is 389 g/mol. The fraction of sp³-hybridized carbons (Fsp3) is 0.278. The summed E-state index contributed by atoms with van der Waals surface area (Å²) < 4.78 is 43.7. The number of nitrogens with one attached hydrogen (secondary N) is 1. The first-order valence-electron chi connectivity index (χ1n) is 7.68. The Morgan fingerprint density at radius 1 is 1.15 bits per heavy atom. The summed E-state index contributed by atoms with van der Waals surface area (Å²) in [7, 11) is 0. The van der Waals surface area contributed by atoms with Crippen molar-refractivity contribution in [2.24, 2.45) is 5.73 Å². The zero-order chi connectivity index (χ0) is 18.4. The molecule has 0 spiro atoms. The third-order valence-electron chi connectivity index (χ3n) is 3.57. The summed E-state index contributed by atoms with van der Waals surface area (Å²) in [6, 6.07) is 11.3. The molecule has 0 aromatic heterocycles. The monoisotopic (exact) mass is 388 g/mol. The van der Waals surface area contributed by atoms with Gasteiger partial charge >= 0.3 is 6.18 Å². The van der Waals surface area contributed by atoms with E-state index in [-0.39, 0.29) is 31.3 Å². The largest absolute Gasteiger partial charge is 0.491 e. The minimum absolute atomic E-state index is 0. The van der Waals surface area contributed by atoms with Crippen LogP contribution in [0.5, 0.6) is 5.75 Å². The SMILES string of the molecule is Cc1ccc(C(N)C(=O)NCCOc2ccccc2C(F)(F)F)cc1.Cl. The Morgan fingerprint density at radius 2 is 1.77 bits per heavy atom. The third kappa shape index (κ3) is 5.93. The summed E-state index contributed by atoms with van der Waals surface area (Å²) in [4.78, 5) is 12.0. The zero-order valence-electron chi connectivity index (χ0n) is 14.0. The van der Waals surface area contributed by atoms with Crippen LogP contribution in [0.15, 0.2) is 48.5 Å². The van der Waals surface area contributed by atoms with Crippen LogP contribution in [0.1, 0.15) is 22.7 Å². The van der Waals surface area contributed by atoms with E-state index in [0.29, 0.717) is 5.56 Å². The Hall–Kier alpha value is -2.25. The molecule has 3 N–H and O–H groups in total. The van der Waals surface area contributed by atoms with Crippen molar-refractivity contribution >= 4 is 18.3 Å². The summed E-state index contributed by atoms with van der Waals surface area (Å²) >= 11 is 0. The molecule has 0 aliphatic heterocycles. The minimum atomic E-state index is -4.49. The molecule has 142 valence electrons. The van der Waals surface area contributed by atoms with Crippen LogP contribution in [0.2, 0.25) is 0 Å². The van der Waals surface area contributed by atoms with Crippen LogP contribution in [-0.4, -0.2) is 19.1 Å². The molecule has 2 aromatic carbocycles. The van der Waals surface area contributed by atoms with Gasteiger partial charge in [0.15, 0.2) is 0 Å². The highest BCUT2D eigenvalue weighted by atomic mass is 35.5. The summed E-state index contributed by atoms with van der Waals surface area (Å²) in [6.45, 7) is 1.87. The normalized spacial score (nSPS) is 12.0. The maximum absolute atomic E-state index is 12.8. The van der Waals surface area contributed by atoms with Crippen molar-refractivity contribution in [1.29, 1.82) is 0 Å². The van der Waals surface area contributed by atoms with Crippen molar-refractivity contribution in [3.8, 4) is 5.75 Å². The molecule has 1 unspecified atom stereocenters. The van der Waals surface area contributed by atoms with Crippen molar-refractivity contribution in [3.63, 3.8) is 0 Å². The lowest BCUT2D eigenvalue weighted by atomic mass is 10.1. The lowest BCUT2D eigenvalue weighted by molar-refractivity contribution is -0.139. The first-order valence-corrected chi connectivity index (χ1v) is 7.68. The molecule has 0 aliphatic rings. The summed E-state index contributed by atoms with van der Waals surface area (Å²) in [5.74, 6) is -0.691. The number of amides is 1. The molecule has 0 radical (unpaired) electrons. The van der Waals surface area contributed by atoms with E-state index in [1.54, 1.807) is 12.1 Å². The number of halogens is 4. The maximum atomic E-state index is 12.8. The van der Waals surface area contributed by atoms with Gasteiger partial charge in [-0.05, 0) is 24.6 Å². The Labute approximate surface area is 155 Å². The number of rotatable bonds is 6. The lowest BCUT2D eigenvalue weighted by Crippen LogP contribution is -2.36. The first kappa shape index (κ1) is 21.8. The van der Waals surface area contributed by atoms with Crippen LogP contribution in [0, 0.1) is 6.92 Å². The van der Waals surface area contributed by atoms with Crippen LogP contribution in [0.25, 0.3) is 0 Å². The second-order valence-electron chi connectivity index (χ2n) is 5.52. The molecular formula is C18H20ClF3N2O2. The zero-order valence-corrected chi connectivity index (χ0v) is 14.9. The number of benzene rings is 2.